The summed E-state index contributed by atoms with van der Waals surface area (Å²) in [5.74, 6) is -1.09. The summed E-state index contributed by atoms with van der Waals surface area (Å²) in [4.78, 5) is 29.2. The highest BCUT2D eigenvalue weighted by Gasteiger charge is 2.49. The van der Waals surface area contributed by atoms with Gasteiger partial charge in [-0.2, -0.15) is 0 Å². The minimum Gasteiger partial charge on any atom is -0.507 e. The maximum atomic E-state index is 12.1. The highest BCUT2D eigenvalue weighted by atomic mass is 35.5. The minimum atomic E-state index is -1.15. The van der Waals surface area contributed by atoms with Crippen LogP contribution in [0.2, 0.25) is 5.02 Å². The molecule has 29 heavy (non-hydrogen) atoms. The normalized spacial score (nSPS) is 19.5. The van der Waals surface area contributed by atoms with Crippen molar-refractivity contribution in [2.45, 2.75) is 25.2 Å². The number of ether oxygens (including phenoxy) is 1. The van der Waals surface area contributed by atoms with Gasteiger partial charge >= 0.3 is 5.97 Å². The maximum absolute atomic E-state index is 12.1. The maximum Gasteiger partial charge on any atom is 0.398 e. The quantitative estimate of drug-likeness (QED) is 0.721. The molecule has 7 nitrogen and oxygen atoms in total. The van der Waals surface area contributed by atoms with E-state index in [2.05, 4.69) is 0 Å². The van der Waals surface area contributed by atoms with Gasteiger partial charge in [-0.05, 0) is 23.8 Å². The number of aliphatic hydroxyl groups is 1. The summed E-state index contributed by atoms with van der Waals surface area (Å²) >= 11 is 6.49. The lowest BCUT2D eigenvalue weighted by atomic mass is 9.75. The Balaban J connectivity index is 1.85. The van der Waals surface area contributed by atoms with E-state index in [4.69, 9.17) is 21.2 Å². The third-order valence-corrected chi connectivity index (χ3v) is 5.80. The van der Waals surface area contributed by atoms with E-state index in [1.165, 1.54) is 11.1 Å². The molecule has 0 fully saturated rings. The fourth-order valence-electron chi connectivity index (χ4n) is 4.01. The number of fused-ring (bicyclic) bond motifs is 2. The number of hydroxylamine groups is 1. The van der Waals surface area contributed by atoms with Crippen LogP contribution in [0.3, 0.4) is 0 Å². The Kier molecular flexibility index (Phi) is 4.88. The van der Waals surface area contributed by atoms with E-state index in [0.717, 1.165) is 5.56 Å². The molecule has 152 valence electrons. The number of anilines is 1. The molecule has 2 N–H and O–H groups in total. The molecule has 2 aliphatic heterocycles. The van der Waals surface area contributed by atoms with Crippen molar-refractivity contribution in [2.24, 2.45) is 0 Å². The second kappa shape index (κ2) is 7.24. The largest absolute Gasteiger partial charge is 0.507 e. The Morgan fingerprint density at radius 2 is 2.14 bits per heavy atom. The number of benzene rings is 2. The minimum absolute atomic E-state index is 0.00148. The molecule has 0 radical (unpaired) electrons. The third-order valence-electron chi connectivity index (χ3n) is 5.49. The van der Waals surface area contributed by atoms with Gasteiger partial charge in [0.2, 0.25) is 5.78 Å². The fraction of sp³-hybridized carbons (Fsp3) is 0.333. The number of Topliss-reactive ketones (excluding diaryl/α,β-unsaturated/α-hetero) is 1. The fourth-order valence-corrected chi connectivity index (χ4v) is 4.36. The number of carbonyl (C=O) groups excluding carboxylic acids is 2. The summed E-state index contributed by atoms with van der Waals surface area (Å²) in [6.45, 7) is 1.69. The lowest BCUT2D eigenvalue weighted by Gasteiger charge is -2.30. The topological polar surface area (TPSA) is 96.3 Å². The van der Waals surface area contributed by atoms with Crippen molar-refractivity contribution in [2.75, 3.05) is 24.8 Å². The van der Waals surface area contributed by atoms with E-state index in [0.29, 0.717) is 40.6 Å². The first-order valence-electron chi connectivity index (χ1n) is 9.33. The van der Waals surface area contributed by atoms with Gasteiger partial charge in [0.1, 0.15) is 11.5 Å². The Morgan fingerprint density at radius 1 is 1.34 bits per heavy atom. The zero-order valence-corrected chi connectivity index (χ0v) is 16.5. The van der Waals surface area contributed by atoms with Gasteiger partial charge in [-0.3, -0.25) is 4.79 Å². The zero-order chi connectivity index (χ0) is 20.8. The van der Waals surface area contributed by atoms with E-state index < -0.39 is 23.8 Å². The van der Waals surface area contributed by atoms with Gasteiger partial charge in [-0.25, -0.2) is 9.86 Å². The van der Waals surface area contributed by atoms with Crippen LogP contribution >= 0.6 is 11.6 Å². The molecular weight excluding hydrogens is 398 g/mol. The monoisotopic (exact) mass is 417 g/mol. The molecule has 0 amide bonds. The van der Waals surface area contributed by atoms with E-state index in [-0.39, 0.29) is 18.7 Å². The van der Waals surface area contributed by atoms with Crippen LogP contribution in [0.15, 0.2) is 30.3 Å². The van der Waals surface area contributed by atoms with Crippen LogP contribution in [-0.4, -0.2) is 41.7 Å². The lowest BCUT2D eigenvalue weighted by Crippen LogP contribution is -2.39. The second-order valence-electron chi connectivity index (χ2n) is 7.14. The predicted molar refractivity (Wildman–Crippen MR) is 105 cm³/mol. The molecule has 0 aliphatic carbocycles. The number of aromatic hydroxyl groups is 1. The van der Waals surface area contributed by atoms with Gasteiger partial charge in [0, 0.05) is 35.1 Å². The average Bonchev–Trinajstić information content (AvgIpc) is 3.29. The molecule has 4 rings (SSSR count). The summed E-state index contributed by atoms with van der Waals surface area (Å²) in [5, 5.41) is 22.8. The molecule has 2 aliphatic rings. The molecule has 1 atom stereocenters. The Morgan fingerprint density at radius 3 is 2.86 bits per heavy atom. The number of rotatable bonds is 5. The molecule has 0 spiro atoms. The van der Waals surface area contributed by atoms with Gasteiger partial charge in [-0.1, -0.05) is 24.6 Å². The number of hydrogen-bond donors (Lipinski definition) is 2. The molecule has 0 saturated carbocycles. The number of carbonyl (C=O) groups is 2. The van der Waals surface area contributed by atoms with Crippen LogP contribution in [-0.2, 0) is 26.3 Å². The predicted octanol–water partition coefficient (Wildman–Crippen LogP) is 2.52. The van der Waals surface area contributed by atoms with Crippen molar-refractivity contribution in [1.29, 1.82) is 0 Å². The summed E-state index contributed by atoms with van der Waals surface area (Å²) in [6.07, 6.45) is 0.703. The molecule has 2 aromatic carbocycles. The van der Waals surface area contributed by atoms with Gasteiger partial charge in [0.15, 0.2) is 0 Å². The van der Waals surface area contributed by atoms with Crippen LogP contribution in [0, 0.1) is 0 Å². The van der Waals surface area contributed by atoms with Crippen LogP contribution in [0.1, 0.15) is 30.0 Å². The number of hydrogen-bond acceptors (Lipinski definition) is 7. The van der Waals surface area contributed by atoms with Crippen molar-refractivity contribution in [1.82, 2.24) is 0 Å². The van der Waals surface area contributed by atoms with Crippen molar-refractivity contribution in [3.8, 4) is 11.5 Å². The molecule has 2 heterocycles. The molecule has 1 unspecified atom stereocenters. The smallest absolute Gasteiger partial charge is 0.398 e. The van der Waals surface area contributed by atoms with Gasteiger partial charge in [-0.15, -0.1) is 0 Å². The molecular formula is C21H20ClNO6. The van der Waals surface area contributed by atoms with E-state index in [9.17, 15) is 19.8 Å². The van der Waals surface area contributed by atoms with Crippen molar-refractivity contribution in [3.63, 3.8) is 0 Å². The number of phenolic OH excluding ortho intramolecular Hbond substituents is 1. The van der Waals surface area contributed by atoms with Crippen molar-refractivity contribution >= 4 is 29.0 Å². The Hall–Kier alpha value is -2.77. The molecule has 8 heteroatoms. The number of nitrogens with zero attached hydrogens (tertiary/aromatic N) is 1. The summed E-state index contributed by atoms with van der Waals surface area (Å²) < 4.78 is 5.50. The number of ketones is 1. The number of aliphatic hydroxyl groups excluding tert-OH is 1. The zero-order valence-electron chi connectivity index (χ0n) is 15.8. The number of phenols is 1. The first-order chi connectivity index (χ1) is 13.9. The summed E-state index contributed by atoms with van der Waals surface area (Å²) in [7, 11) is 0. The average molecular weight is 418 g/mol. The van der Waals surface area contributed by atoms with Crippen LogP contribution in [0.5, 0.6) is 11.5 Å². The van der Waals surface area contributed by atoms with Crippen molar-refractivity contribution in [3.05, 3.63) is 52.0 Å². The van der Waals surface area contributed by atoms with Gasteiger partial charge in [0.05, 0.1) is 30.9 Å². The Labute approximate surface area is 172 Å². The highest BCUT2D eigenvalue weighted by molar-refractivity contribution is 6.34. The van der Waals surface area contributed by atoms with Gasteiger partial charge in [0.25, 0.3) is 0 Å². The first-order valence-corrected chi connectivity index (χ1v) is 9.70. The highest BCUT2D eigenvalue weighted by Crippen LogP contribution is 2.51. The first kappa shape index (κ1) is 19.5. The molecule has 0 bridgehead atoms. The van der Waals surface area contributed by atoms with E-state index in [1.807, 2.05) is 0 Å². The van der Waals surface area contributed by atoms with E-state index >= 15 is 0 Å². The molecule has 0 aromatic heterocycles. The van der Waals surface area contributed by atoms with Gasteiger partial charge < -0.3 is 19.8 Å². The standard InChI is InChI=1S/C21H20ClNO6/c1-2-16(25)20(27)29-23-10-21(11-24,19-14(22)4-3-5-15(19)23)13-8-12-6-7-28-18(12)9-17(13)26/h3-5,8-9,24,26H,2,6-7,10-11H2,1H3. The third kappa shape index (κ3) is 3.01. The second-order valence-corrected chi connectivity index (χ2v) is 7.55. The molecule has 0 saturated heterocycles. The number of halogens is 1. The lowest BCUT2D eigenvalue weighted by molar-refractivity contribution is -0.154. The Bertz CT molecular complexity index is 1010. The summed E-state index contributed by atoms with van der Waals surface area (Å²) in [6, 6.07) is 8.37. The van der Waals surface area contributed by atoms with E-state index in [1.54, 1.807) is 31.2 Å². The van der Waals surface area contributed by atoms with Crippen LogP contribution in [0.25, 0.3) is 0 Å². The SMILES string of the molecule is CCC(=O)C(=O)ON1CC(CO)(c2cc3c(cc2O)OCC3)c2c(Cl)cccc21. The van der Waals surface area contributed by atoms with Crippen LogP contribution in [0.4, 0.5) is 5.69 Å². The summed E-state index contributed by atoms with van der Waals surface area (Å²) in [5.41, 5.74) is 1.20. The van der Waals surface area contributed by atoms with Crippen molar-refractivity contribution < 1.29 is 29.4 Å². The van der Waals surface area contributed by atoms with Crippen LogP contribution < -0.4 is 9.80 Å². The molecule has 2 aromatic rings.